The molecule has 78 heavy (non-hydrogen) atoms. The molecule has 4 heterocycles. The minimum Gasteiger partial charge on any atom is -0.432 e. The number of fused-ring (bicyclic) bond motifs is 7. The van der Waals surface area contributed by atoms with Crippen molar-refractivity contribution in [1.82, 2.24) is 0 Å². The molecule has 0 spiro atoms. The lowest BCUT2D eigenvalue weighted by molar-refractivity contribution is -0.361. The third kappa shape index (κ3) is 9.67. The number of esters is 1. The van der Waals surface area contributed by atoms with Crippen molar-refractivity contribution in [2.75, 3.05) is 26.4 Å². The predicted molar refractivity (Wildman–Crippen MR) is 264 cm³/mol. The van der Waals surface area contributed by atoms with Gasteiger partial charge in [-0.2, -0.15) is 0 Å². The average Bonchev–Trinajstić information content (AvgIpc) is 3.99. The number of carbonyl (C=O) groups is 1. The molecule has 15 N–H and O–H groups in total. The van der Waals surface area contributed by atoms with Gasteiger partial charge in [0.2, 0.25) is 6.29 Å². The number of carbonyl (C=O) groups excluding carboxylic acids is 1. The van der Waals surface area contributed by atoms with E-state index >= 15 is 4.79 Å². The topological polar surface area (TPSA) is 394 Å². The lowest BCUT2D eigenvalue weighted by Gasteiger charge is -2.73. The number of hydrogen-bond acceptors (Lipinski definition) is 24. The lowest BCUT2D eigenvalue weighted by atomic mass is 9.31. The van der Waals surface area contributed by atoms with Gasteiger partial charge in [-0.15, -0.1) is 0 Å². The van der Waals surface area contributed by atoms with Gasteiger partial charge in [-0.05, 0) is 122 Å². The van der Waals surface area contributed by atoms with Crippen LogP contribution in [0.1, 0.15) is 99.3 Å². The highest BCUT2D eigenvalue weighted by Gasteiger charge is 2.74. The van der Waals surface area contributed by atoms with Gasteiger partial charge in [0.05, 0.1) is 50.2 Å². The summed E-state index contributed by atoms with van der Waals surface area (Å²) in [4.78, 5) is 15.2. The maximum atomic E-state index is 15.2. The molecule has 0 bridgehead atoms. The van der Waals surface area contributed by atoms with Crippen LogP contribution >= 0.6 is 0 Å². The van der Waals surface area contributed by atoms with Crippen molar-refractivity contribution >= 4 is 5.97 Å². The summed E-state index contributed by atoms with van der Waals surface area (Å²) in [7, 11) is 0. The monoisotopic (exact) mass is 1120 g/mol. The van der Waals surface area contributed by atoms with E-state index in [-0.39, 0.29) is 30.3 Å². The lowest BCUT2D eigenvalue weighted by Crippen LogP contribution is -2.70. The fourth-order valence-electron chi connectivity index (χ4n) is 17.4. The van der Waals surface area contributed by atoms with Gasteiger partial charge < -0.3 is 114 Å². The first-order valence-corrected chi connectivity index (χ1v) is 28.0. The van der Waals surface area contributed by atoms with Crippen LogP contribution in [0.3, 0.4) is 0 Å². The van der Waals surface area contributed by atoms with Crippen molar-refractivity contribution in [3.05, 3.63) is 12.2 Å². The SMILES string of the molecule is C=C(CO)[C@@H]1CC[C@]2(C(=O)O[C@H]3O[C@@H](CO[C@H]4O[C@@H](CO)[C@H](O[C@H]5O[C@@H](C)[C@H](O)[C@@H](O)[C@H]5O)[C@@H](O)[C@@H]4O)[C@H](O)[C@@H](O)[C@@H]3O)CC[C@]3(C)[C@H](C[C@@H](O)[C@@H]4[C@@]5(C)CC[C@@H](O[C@@H]6O[C@H](CO)[C@@H](O)[C@H](O)[C@H]6O)C(C)(C)[C@@H]5CC[C@]43C)[C@@H]12. The van der Waals surface area contributed by atoms with Crippen LogP contribution in [0.2, 0.25) is 0 Å². The molecule has 5 aliphatic carbocycles. The summed E-state index contributed by atoms with van der Waals surface area (Å²) in [5, 5.41) is 162. The summed E-state index contributed by atoms with van der Waals surface area (Å²) in [6.07, 6.45) is -28.9. The van der Waals surface area contributed by atoms with Crippen LogP contribution in [0.5, 0.6) is 0 Å². The van der Waals surface area contributed by atoms with Crippen LogP contribution in [-0.4, -0.2) is 244 Å². The zero-order chi connectivity index (χ0) is 57.1. The Morgan fingerprint density at radius 1 is 0.577 bits per heavy atom. The standard InChI is InChI=1S/C54H88O24/c1-21(17-55)23-8-13-54(49(70)78-48-41(68)37(64)34(61)28(75-48)20-71-45-42(69)38(65)43(27(19-57)74-45)77-46-39(66)35(62)32(59)22(2)72-46)15-14-52(6)24(31(23)54)16-25(58)44-51(5)11-10-30(50(3,4)29(51)9-12-53(44,52)7)76-47-40(67)36(63)33(60)26(18-56)73-47/h22-48,55-69H,1,8-20H2,2-7H3/t22-,23-,24+,25+,26+,27-,28-,29-,30+,31+,32-,33+,34-,35+,36-,37+,38-,39+,40+,41-,42-,43-,44+,45-,46+,47-,48+,51-,52+,53+,54-/m0/s1. The Balaban J connectivity index is 0.901. The van der Waals surface area contributed by atoms with E-state index in [1.807, 2.05) is 0 Å². The minimum absolute atomic E-state index is 0.0177. The Morgan fingerprint density at radius 2 is 1.15 bits per heavy atom. The molecule has 448 valence electrons. The van der Waals surface area contributed by atoms with E-state index in [4.69, 9.17) is 37.9 Å². The molecule has 9 rings (SSSR count). The number of aliphatic hydroxyl groups is 15. The van der Waals surface area contributed by atoms with Crippen molar-refractivity contribution in [1.29, 1.82) is 0 Å². The zero-order valence-corrected chi connectivity index (χ0v) is 45.4. The summed E-state index contributed by atoms with van der Waals surface area (Å²) < 4.78 is 47.0. The Morgan fingerprint density at radius 3 is 1.79 bits per heavy atom. The molecule has 0 aromatic rings. The van der Waals surface area contributed by atoms with E-state index in [1.54, 1.807) is 0 Å². The van der Waals surface area contributed by atoms with E-state index in [0.717, 1.165) is 6.42 Å². The normalized spacial score (nSPS) is 55.0. The van der Waals surface area contributed by atoms with Crippen molar-refractivity contribution in [3.8, 4) is 0 Å². The number of aliphatic hydroxyl groups excluding tert-OH is 15. The number of hydrogen-bond donors (Lipinski definition) is 15. The maximum absolute atomic E-state index is 15.2. The van der Waals surface area contributed by atoms with Crippen LogP contribution in [0.15, 0.2) is 12.2 Å². The second-order valence-electron chi connectivity index (χ2n) is 25.9. The highest BCUT2D eigenvalue weighted by molar-refractivity contribution is 5.78. The Labute approximate surface area is 453 Å². The maximum Gasteiger partial charge on any atom is 0.314 e. The summed E-state index contributed by atoms with van der Waals surface area (Å²) in [5.74, 6) is -2.06. The molecule has 0 aromatic heterocycles. The summed E-state index contributed by atoms with van der Waals surface area (Å²) in [5.41, 5.74) is -2.58. The molecule has 0 amide bonds. The van der Waals surface area contributed by atoms with Gasteiger partial charge >= 0.3 is 5.97 Å². The first kappa shape index (κ1) is 60.9. The van der Waals surface area contributed by atoms with Crippen LogP contribution in [0.25, 0.3) is 0 Å². The van der Waals surface area contributed by atoms with Gasteiger partial charge in [-0.25, -0.2) is 0 Å². The molecule has 31 atom stereocenters. The van der Waals surface area contributed by atoms with Crippen LogP contribution in [0.4, 0.5) is 0 Å². The van der Waals surface area contributed by atoms with E-state index < -0.39 is 194 Å². The molecule has 24 nitrogen and oxygen atoms in total. The summed E-state index contributed by atoms with van der Waals surface area (Å²) in [6, 6.07) is 0. The van der Waals surface area contributed by atoms with Gasteiger partial charge in [-0.1, -0.05) is 41.2 Å². The quantitative estimate of drug-likeness (QED) is 0.0490. The van der Waals surface area contributed by atoms with Crippen LogP contribution in [0, 0.1) is 56.7 Å². The van der Waals surface area contributed by atoms with Gasteiger partial charge in [0, 0.05) is 0 Å². The molecular formula is C54H88O24. The van der Waals surface area contributed by atoms with Crippen LogP contribution < -0.4 is 0 Å². The van der Waals surface area contributed by atoms with Gasteiger partial charge in [0.15, 0.2) is 18.9 Å². The van der Waals surface area contributed by atoms with E-state index in [9.17, 15) is 76.6 Å². The predicted octanol–water partition coefficient (Wildman–Crippen LogP) is -3.21. The summed E-state index contributed by atoms with van der Waals surface area (Å²) in [6.45, 7) is 14.3. The van der Waals surface area contributed by atoms with Gasteiger partial charge in [0.25, 0.3) is 0 Å². The molecule has 24 heteroatoms. The van der Waals surface area contributed by atoms with Crippen molar-refractivity contribution in [3.63, 3.8) is 0 Å². The minimum atomic E-state index is -1.95. The average molecular weight is 1120 g/mol. The molecule has 0 radical (unpaired) electrons. The van der Waals surface area contributed by atoms with E-state index in [2.05, 4.69) is 41.2 Å². The largest absolute Gasteiger partial charge is 0.432 e. The fourth-order valence-corrected chi connectivity index (χ4v) is 17.4. The Kier molecular flexibility index (Phi) is 17.5. The van der Waals surface area contributed by atoms with Crippen molar-refractivity contribution < 1.29 is 119 Å². The highest BCUT2D eigenvalue weighted by Crippen LogP contribution is 2.78. The second kappa shape index (κ2) is 22.4. The van der Waals surface area contributed by atoms with E-state index in [1.165, 1.54) is 6.92 Å². The molecule has 4 aliphatic heterocycles. The second-order valence-corrected chi connectivity index (χ2v) is 25.9. The molecule has 4 saturated heterocycles. The molecule has 9 fully saturated rings. The molecular weight excluding hydrogens is 1030 g/mol. The smallest absolute Gasteiger partial charge is 0.314 e. The molecule has 0 unspecified atom stereocenters. The van der Waals surface area contributed by atoms with E-state index in [0.29, 0.717) is 56.9 Å². The third-order valence-corrected chi connectivity index (χ3v) is 21.8. The molecule has 0 aromatic carbocycles. The van der Waals surface area contributed by atoms with Gasteiger partial charge in [-0.3, -0.25) is 4.79 Å². The zero-order valence-electron chi connectivity index (χ0n) is 45.4. The number of ether oxygens (including phenoxy) is 8. The molecule has 5 saturated carbocycles. The van der Waals surface area contributed by atoms with Crippen LogP contribution in [-0.2, 0) is 42.7 Å². The highest BCUT2D eigenvalue weighted by atomic mass is 16.8. The third-order valence-electron chi connectivity index (χ3n) is 21.8. The Hall–Kier alpha value is -1.67. The van der Waals surface area contributed by atoms with Crippen molar-refractivity contribution in [2.45, 2.75) is 234 Å². The Bertz CT molecular complexity index is 2120. The molecule has 9 aliphatic rings. The first-order chi connectivity index (χ1) is 36.6. The fraction of sp³-hybridized carbons (Fsp3) is 0.944. The summed E-state index contributed by atoms with van der Waals surface area (Å²) >= 11 is 0. The van der Waals surface area contributed by atoms with Gasteiger partial charge in [0.1, 0.15) is 91.6 Å². The number of rotatable bonds is 13. The van der Waals surface area contributed by atoms with Crippen molar-refractivity contribution in [2.24, 2.45) is 56.7 Å². The first-order valence-electron chi connectivity index (χ1n) is 28.0.